The van der Waals surface area contributed by atoms with Gasteiger partial charge in [-0.15, -0.1) is 0 Å². The number of halogens is 1. The molecule has 1 amide bonds. The van der Waals surface area contributed by atoms with E-state index < -0.39 is 26.6 Å². The van der Waals surface area contributed by atoms with Gasteiger partial charge in [0.25, 0.3) is 5.91 Å². The van der Waals surface area contributed by atoms with Crippen LogP contribution in [0.15, 0.2) is 35.4 Å². The lowest BCUT2D eigenvalue weighted by Gasteiger charge is -2.09. The molecule has 0 radical (unpaired) electrons. The smallest absolute Gasteiger partial charge is 0.251 e. The summed E-state index contributed by atoms with van der Waals surface area (Å²) in [5.74, 6) is -1.38. The van der Waals surface area contributed by atoms with E-state index in [0.29, 0.717) is 5.69 Å². The fourth-order valence-electron chi connectivity index (χ4n) is 2.00. The van der Waals surface area contributed by atoms with Crippen molar-refractivity contribution in [3.63, 3.8) is 0 Å². The molecular weight excluding hydrogens is 323 g/mol. The van der Waals surface area contributed by atoms with Gasteiger partial charge in [0.1, 0.15) is 10.7 Å². The third-order valence-electron chi connectivity index (χ3n) is 3.38. The van der Waals surface area contributed by atoms with Crippen molar-refractivity contribution in [3.8, 4) is 0 Å². The molecule has 0 bridgehead atoms. The average Bonchev–Trinajstić information content (AvgIpc) is 3.15. The predicted molar refractivity (Wildman–Crippen MR) is 79.5 cm³/mol. The van der Waals surface area contributed by atoms with E-state index in [4.69, 9.17) is 0 Å². The van der Waals surface area contributed by atoms with Crippen LogP contribution in [0.3, 0.4) is 0 Å². The lowest BCUT2D eigenvalue weighted by Crippen LogP contribution is -2.28. The van der Waals surface area contributed by atoms with Crippen LogP contribution in [-0.4, -0.2) is 30.6 Å². The molecule has 1 aliphatic rings. The van der Waals surface area contributed by atoms with Gasteiger partial charge >= 0.3 is 0 Å². The number of aromatic nitrogens is 2. The highest BCUT2D eigenvalue weighted by Crippen LogP contribution is 2.24. The van der Waals surface area contributed by atoms with Gasteiger partial charge in [-0.2, -0.15) is 5.10 Å². The van der Waals surface area contributed by atoms with Gasteiger partial charge in [0, 0.05) is 17.8 Å². The van der Waals surface area contributed by atoms with Crippen LogP contribution in [-0.2, 0) is 16.6 Å². The van der Waals surface area contributed by atoms with Crippen molar-refractivity contribution in [3.05, 3.63) is 47.5 Å². The minimum atomic E-state index is -3.96. The zero-order valence-corrected chi connectivity index (χ0v) is 12.9. The molecule has 9 heteroatoms. The minimum absolute atomic E-state index is 0.0714. The van der Waals surface area contributed by atoms with Crippen LogP contribution in [0.4, 0.5) is 4.39 Å². The Kier molecular flexibility index (Phi) is 4.14. The summed E-state index contributed by atoms with van der Waals surface area (Å²) in [7, 11) is -3.96. The summed E-state index contributed by atoms with van der Waals surface area (Å²) < 4.78 is 40.5. The van der Waals surface area contributed by atoms with Gasteiger partial charge in [0.05, 0.1) is 12.2 Å². The van der Waals surface area contributed by atoms with E-state index in [-0.39, 0.29) is 18.2 Å². The minimum Gasteiger partial charge on any atom is -0.346 e. The molecule has 0 spiro atoms. The van der Waals surface area contributed by atoms with Crippen molar-refractivity contribution >= 4 is 15.9 Å². The number of carbonyl (C=O) groups excluding carboxylic acids is 1. The second-order valence-corrected chi connectivity index (χ2v) is 6.99. The van der Waals surface area contributed by atoms with Gasteiger partial charge in [-0.1, -0.05) is 0 Å². The van der Waals surface area contributed by atoms with Crippen LogP contribution in [0, 0.1) is 5.82 Å². The molecule has 1 saturated carbocycles. The summed E-state index contributed by atoms with van der Waals surface area (Å²) in [4.78, 5) is 11.6. The molecule has 0 saturated heterocycles. The van der Waals surface area contributed by atoms with Crippen molar-refractivity contribution in [1.82, 2.24) is 20.2 Å². The first kappa shape index (κ1) is 15.6. The van der Waals surface area contributed by atoms with Gasteiger partial charge in [-0.25, -0.2) is 17.5 Å². The lowest BCUT2D eigenvalue weighted by atomic mass is 10.2. The molecule has 7 nitrogen and oxygen atoms in total. The SMILES string of the molecule is O=C(NCc1ccn[nH]1)c1ccc(F)c(S(=O)(=O)NC2CC2)c1. The molecule has 2 aromatic rings. The Labute approximate surface area is 132 Å². The molecule has 1 aromatic carbocycles. The number of carbonyl (C=O) groups is 1. The first-order valence-electron chi connectivity index (χ1n) is 7.04. The number of hydrogen-bond donors (Lipinski definition) is 3. The normalized spacial score (nSPS) is 14.7. The van der Waals surface area contributed by atoms with E-state index in [0.717, 1.165) is 25.0 Å². The fraction of sp³-hybridized carbons (Fsp3) is 0.286. The number of sulfonamides is 1. The average molecular weight is 338 g/mol. The van der Waals surface area contributed by atoms with Crippen molar-refractivity contribution in [2.45, 2.75) is 30.3 Å². The standard InChI is InChI=1S/C14H15FN4O3S/c15-12-4-1-9(14(20)16-8-11-5-6-17-18-11)7-13(12)23(21,22)19-10-2-3-10/h1,4-7,10,19H,2-3,8H2,(H,16,20)(H,17,18). The number of aromatic amines is 1. The monoisotopic (exact) mass is 338 g/mol. The van der Waals surface area contributed by atoms with Crippen molar-refractivity contribution in [2.75, 3.05) is 0 Å². The summed E-state index contributed by atoms with van der Waals surface area (Å²) in [6.45, 7) is 0.207. The van der Waals surface area contributed by atoms with Crippen LogP contribution in [0.25, 0.3) is 0 Å². The third-order valence-corrected chi connectivity index (χ3v) is 4.92. The number of benzene rings is 1. The van der Waals surface area contributed by atoms with E-state index in [9.17, 15) is 17.6 Å². The van der Waals surface area contributed by atoms with Crippen molar-refractivity contribution in [2.24, 2.45) is 0 Å². The fourth-order valence-corrected chi connectivity index (χ4v) is 3.40. The second-order valence-electron chi connectivity index (χ2n) is 5.31. The third kappa shape index (κ3) is 3.74. The molecule has 0 atom stereocenters. The Morgan fingerprint density at radius 1 is 1.35 bits per heavy atom. The predicted octanol–water partition coefficient (Wildman–Crippen LogP) is 0.919. The van der Waals surface area contributed by atoms with Gasteiger partial charge in [0.2, 0.25) is 10.0 Å². The molecule has 0 unspecified atom stereocenters. The number of H-pyrrole nitrogens is 1. The van der Waals surface area contributed by atoms with E-state index in [1.54, 1.807) is 12.3 Å². The Balaban J connectivity index is 1.77. The van der Waals surface area contributed by atoms with Gasteiger partial charge < -0.3 is 5.32 Å². The quantitative estimate of drug-likeness (QED) is 0.728. The highest BCUT2D eigenvalue weighted by Gasteiger charge is 2.30. The molecule has 23 heavy (non-hydrogen) atoms. The summed E-state index contributed by atoms with van der Waals surface area (Å²) in [5, 5.41) is 9.04. The summed E-state index contributed by atoms with van der Waals surface area (Å²) >= 11 is 0. The Morgan fingerprint density at radius 2 is 2.13 bits per heavy atom. The van der Waals surface area contributed by atoms with E-state index in [1.807, 2.05) is 0 Å². The molecule has 1 fully saturated rings. The Hall–Kier alpha value is -2.26. The Bertz CT molecular complexity index is 817. The molecule has 122 valence electrons. The number of amides is 1. The zero-order valence-electron chi connectivity index (χ0n) is 12.0. The summed E-state index contributed by atoms with van der Waals surface area (Å²) in [5.41, 5.74) is 0.769. The van der Waals surface area contributed by atoms with Gasteiger partial charge in [-0.3, -0.25) is 9.89 Å². The molecule has 1 aliphatic carbocycles. The maximum Gasteiger partial charge on any atom is 0.251 e. The van der Waals surface area contributed by atoms with Gasteiger partial charge in [-0.05, 0) is 37.1 Å². The summed E-state index contributed by atoms with van der Waals surface area (Å²) in [6.07, 6.45) is 3.03. The number of nitrogens with zero attached hydrogens (tertiary/aromatic N) is 1. The van der Waals surface area contributed by atoms with Crippen molar-refractivity contribution in [1.29, 1.82) is 0 Å². The molecule has 3 rings (SSSR count). The molecule has 1 heterocycles. The topological polar surface area (TPSA) is 104 Å². The molecular formula is C14H15FN4O3S. The van der Waals surface area contributed by atoms with Crippen LogP contribution < -0.4 is 10.0 Å². The molecule has 0 aliphatic heterocycles. The largest absolute Gasteiger partial charge is 0.346 e. The van der Waals surface area contributed by atoms with E-state index >= 15 is 0 Å². The lowest BCUT2D eigenvalue weighted by molar-refractivity contribution is 0.0950. The maximum absolute atomic E-state index is 13.8. The van der Waals surface area contributed by atoms with Crippen LogP contribution >= 0.6 is 0 Å². The van der Waals surface area contributed by atoms with Crippen molar-refractivity contribution < 1.29 is 17.6 Å². The van der Waals surface area contributed by atoms with E-state index in [2.05, 4.69) is 20.2 Å². The van der Waals surface area contributed by atoms with Crippen LogP contribution in [0.2, 0.25) is 0 Å². The van der Waals surface area contributed by atoms with Crippen LogP contribution in [0.1, 0.15) is 28.9 Å². The Morgan fingerprint density at radius 3 is 2.78 bits per heavy atom. The number of nitrogens with one attached hydrogen (secondary N) is 3. The first-order valence-corrected chi connectivity index (χ1v) is 8.52. The zero-order chi connectivity index (χ0) is 16.4. The molecule has 1 aromatic heterocycles. The first-order chi connectivity index (χ1) is 11.0. The van der Waals surface area contributed by atoms with Gasteiger partial charge in [0.15, 0.2) is 0 Å². The maximum atomic E-state index is 13.8. The number of rotatable bonds is 6. The highest BCUT2D eigenvalue weighted by molar-refractivity contribution is 7.89. The highest BCUT2D eigenvalue weighted by atomic mass is 32.2. The summed E-state index contributed by atoms with van der Waals surface area (Å²) in [6, 6.07) is 4.82. The van der Waals surface area contributed by atoms with E-state index in [1.165, 1.54) is 6.07 Å². The molecule has 3 N–H and O–H groups in total. The number of hydrogen-bond acceptors (Lipinski definition) is 4. The second kappa shape index (κ2) is 6.09. The van der Waals surface area contributed by atoms with Crippen LogP contribution in [0.5, 0.6) is 0 Å².